The van der Waals surface area contributed by atoms with E-state index in [0.29, 0.717) is 0 Å². The van der Waals surface area contributed by atoms with E-state index in [1.807, 2.05) is 6.07 Å². The van der Waals surface area contributed by atoms with E-state index in [2.05, 4.69) is 15.9 Å². The van der Waals surface area contributed by atoms with Gasteiger partial charge in [0.1, 0.15) is 23.2 Å². The largest absolute Gasteiger partial charge is 0.463 e. The molecule has 0 spiro atoms. The van der Waals surface area contributed by atoms with Gasteiger partial charge in [0.25, 0.3) is 0 Å². The SMILES string of the molecule is CCOC(=O)C1=C(C)OC(N)=C(C#N)C1c1ccc(Cl)c(Br)c1F. The zero-order valence-corrected chi connectivity index (χ0v) is 15.2. The number of carbonyl (C=O) groups excluding carboxylic acids is 1. The lowest BCUT2D eigenvalue weighted by molar-refractivity contribution is -0.139. The minimum Gasteiger partial charge on any atom is -0.463 e. The van der Waals surface area contributed by atoms with Crippen molar-refractivity contribution >= 4 is 33.5 Å². The second-order valence-corrected chi connectivity index (χ2v) is 6.08. The van der Waals surface area contributed by atoms with Gasteiger partial charge in [0.05, 0.1) is 27.6 Å². The van der Waals surface area contributed by atoms with Gasteiger partial charge < -0.3 is 15.2 Å². The number of nitriles is 1. The highest BCUT2D eigenvalue weighted by atomic mass is 79.9. The highest BCUT2D eigenvalue weighted by molar-refractivity contribution is 9.10. The molecule has 0 fully saturated rings. The molecule has 1 aromatic carbocycles. The molecule has 5 nitrogen and oxygen atoms in total. The van der Waals surface area contributed by atoms with E-state index in [1.165, 1.54) is 19.1 Å². The van der Waals surface area contributed by atoms with Crippen molar-refractivity contribution < 1.29 is 18.7 Å². The van der Waals surface area contributed by atoms with Crippen LogP contribution in [0, 0.1) is 17.1 Å². The van der Waals surface area contributed by atoms with Gasteiger partial charge >= 0.3 is 5.97 Å². The van der Waals surface area contributed by atoms with Gasteiger partial charge in [-0.25, -0.2) is 9.18 Å². The maximum atomic E-state index is 14.7. The highest BCUT2D eigenvalue weighted by Gasteiger charge is 2.38. The monoisotopic (exact) mass is 414 g/mol. The summed E-state index contributed by atoms with van der Waals surface area (Å²) in [4.78, 5) is 12.3. The number of esters is 1. The van der Waals surface area contributed by atoms with E-state index in [0.717, 1.165) is 0 Å². The molecule has 1 aromatic rings. The Balaban J connectivity index is 2.72. The van der Waals surface area contributed by atoms with Crippen molar-refractivity contribution in [2.45, 2.75) is 19.8 Å². The molecule has 1 aliphatic heterocycles. The minimum absolute atomic E-state index is 0.0238. The number of nitrogens with zero attached hydrogens (tertiary/aromatic N) is 1. The third kappa shape index (κ3) is 3.12. The third-order valence-electron chi connectivity index (χ3n) is 3.48. The Hall–Kier alpha value is -2.04. The van der Waals surface area contributed by atoms with E-state index < -0.39 is 17.7 Å². The zero-order chi connectivity index (χ0) is 18.0. The molecule has 1 heterocycles. The Kier molecular flexibility index (Phi) is 5.52. The van der Waals surface area contributed by atoms with Crippen LogP contribution in [0.25, 0.3) is 0 Å². The minimum atomic E-state index is -1.05. The van der Waals surface area contributed by atoms with Crippen molar-refractivity contribution in [3.05, 3.63) is 55.8 Å². The molecule has 0 aliphatic carbocycles. The van der Waals surface area contributed by atoms with Gasteiger partial charge in [0, 0.05) is 5.56 Å². The first-order chi connectivity index (χ1) is 11.3. The van der Waals surface area contributed by atoms with Gasteiger partial charge in [0.2, 0.25) is 5.88 Å². The quantitative estimate of drug-likeness (QED) is 0.598. The number of ether oxygens (including phenoxy) is 2. The molecule has 0 amide bonds. The number of allylic oxidation sites excluding steroid dienone is 2. The van der Waals surface area contributed by atoms with Crippen LogP contribution in [0.15, 0.2) is 39.4 Å². The third-order valence-corrected chi connectivity index (χ3v) is 4.80. The molecule has 1 atom stereocenters. The predicted octanol–water partition coefficient (Wildman–Crippen LogP) is 3.89. The molecular weight excluding hydrogens is 403 g/mol. The van der Waals surface area contributed by atoms with Gasteiger partial charge in [0.15, 0.2) is 0 Å². The lowest BCUT2D eigenvalue weighted by Gasteiger charge is -2.27. The van der Waals surface area contributed by atoms with Crippen molar-refractivity contribution in [2.75, 3.05) is 6.61 Å². The van der Waals surface area contributed by atoms with Crippen molar-refractivity contribution in [2.24, 2.45) is 5.73 Å². The molecule has 2 rings (SSSR count). The molecule has 0 aromatic heterocycles. The summed E-state index contributed by atoms with van der Waals surface area (Å²) in [5.74, 6) is -2.47. The van der Waals surface area contributed by atoms with Gasteiger partial charge in [-0.15, -0.1) is 0 Å². The summed E-state index contributed by atoms with van der Waals surface area (Å²) in [7, 11) is 0. The fraction of sp³-hybridized carbons (Fsp3) is 0.250. The predicted molar refractivity (Wildman–Crippen MR) is 89.1 cm³/mol. The Bertz CT molecular complexity index is 814. The first-order valence-corrected chi connectivity index (χ1v) is 8.09. The first-order valence-electron chi connectivity index (χ1n) is 6.92. The fourth-order valence-electron chi connectivity index (χ4n) is 2.43. The number of halogens is 3. The van der Waals surface area contributed by atoms with Gasteiger partial charge in [-0.1, -0.05) is 17.7 Å². The molecule has 8 heteroatoms. The van der Waals surface area contributed by atoms with Crippen molar-refractivity contribution in [3.63, 3.8) is 0 Å². The molecule has 126 valence electrons. The topological polar surface area (TPSA) is 85.3 Å². The summed E-state index contributed by atoms with van der Waals surface area (Å²) in [5.41, 5.74) is 5.77. The maximum Gasteiger partial charge on any atom is 0.338 e. The number of benzene rings is 1. The van der Waals surface area contributed by atoms with Crippen LogP contribution < -0.4 is 5.73 Å². The highest BCUT2D eigenvalue weighted by Crippen LogP contribution is 2.42. The summed E-state index contributed by atoms with van der Waals surface area (Å²) in [5, 5.41) is 9.58. The zero-order valence-electron chi connectivity index (χ0n) is 12.8. The molecule has 2 N–H and O–H groups in total. The van der Waals surface area contributed by atoms with E-state index >= 15 is 0 Å². The summed E-state index contributed by atoms with van der Waals surface area (Å²) in [6.07, 6.45) is 0. The second-order valence-electron chi connectivity index (χ2n) is 4.88. The average molecular weight is 416 g/mol. The second kappa shape index (κ2) is 7.24. The molecule has 0 bridgehead atoms. The first kappa shape index (κ1) is 18.3. The number of hydrogen-bond acceptors (Lipinski definition) is 5. The van der Waals surface area contributed by atoms with Crippen molar-refractivity contribution in [1.29, 1.82) is 5.26 Å². The van der Waals surface area contributed by atoms with Crippen molar-refractivity contribution in [1.82, 2.24) is 0 Å². The van der Waals surface area contributed by atoms with E-state index in [1.54, 1.807) is 6.92 Å². The van der Waals surface area contributed by atoms with Gasteiger partial charge in [-0.2, -0.15) is 5.26 Å². The molecule has 0 saturated carbocycles. The van der Waals surface area contributed by atoms with E-state index in [-0.39, 0.29) is 44.5 Å². The van der Waals surface area contributed by atoms with Crippen LogP contribution in [0.1, 0.15) is 25.3 Å². The van der Waals surface area contributed by atoms with Crippen LogP contribution in [0.5, 0.6) is 0 Å². The molecule has 0 radical (unpaired) electrons. The molecule has 1 unspecified atom stereocenters. The van der Waals surface area contributed by atoms with E-state index in [4.69, 9.17) is 26.8 Å². The Morgan fingerprint density at radius 2 is 2.25 bits per heavy atom. The molecule has 24 heavy (non-hydrogen) atoms. The maximum absolute atomic E-state index is 14.7. The van der Waals surface area contributed by atoms with Crippen LogP contribution in [0.4, 0.5) is 4.39 Å². The standard InChI is InChI=1S/C16H13BrClFN2O3/c1-3-23-16(22)11-7(2)24-15(21)9(6-20)12(11)8-4-5-10(18)13(17)14(8)19/h4-5,12H,3,21H2,1-2H3. The van der Waals surface area contributed by atoms with Gasteiger partial charge in [-0.05, 0) is 35.8 Å². The number of nitrogens with two attached hydrogens (primary N) is 1. The number of carbonyl (C=O) groups is 1. The van der Waals surface area contributed by atoms with Crippen LogP contribution in [-0.2, 0) is 14.3 Å². The summed E-state index contributed by atoms with van der Waals surface area (Å²) in [6.45, 7) is 3.26. The Morgan fingerprint density at radius 1 is 1.58 bits per heavy atom. The molecule has 1 aliphatic rings. The Morgan fingerprint density at radius 3 is 2.83 bits per heavy atom. The fourth-order valence-corrected chi connectivity index (χ4v) is 2.94. The normalized spacial score (nSPS) is 17.4. The summed E-state index contributed by atoms with van der Waals surface area (Å²) >= 11 is 8.94. The van der Waals surface area contributed by atoms with E-state index in [9.17, 15) is 14.4 Å². The molecular formula is C16H13BrClFN2O3. The summed E-state index contributed by atoms with van der Waals surface area (Å²) in [6, 6.07) is 4.74. The van der Waals surface area contributed by atoms with Crippen LogP contribution >= 0.6 is 27.5 Å². The van der Waals surface area contributed by atoms with Gasteiger partial charge in [-0.3, -0.25) is 0 Å². The smallest absolute Gasteiger partial charge is 0.338 e. The number of rotatable bonds is 3. The Labute approximate surface area is 151 Å². The van der Waals surface area contributed by atoms with Crippen LogP contribution in [0.2, 0.25) is 5.02 Å². The average Bonchev–Trinajstić information content (AvgIpc) is 2.52. The lowest BCUT2D eigenvalue weighted by atomic mass is 9.83. The van der Waals surface area contributed by atoms with Crippen LogP contribution in [0.3, 0.4) is 0 Å². The van der Waals surface area contributed by atoms with Crippen LogP contribution in [-0.4, -0.2) is 12.6 Å². The van der Waals surface area contributed by atoms with Crippen molar-refractivity contribution in [3.8, 4) is 6.07 Å². The number of hydrogen-bond donors (Lipinski definition) is 1. The lowest BCUT2D eigenvalue weighted by Crippen LogP contribution is -2.26. The molecule has 0 saturated heterocycles. The summed E-state index contributed by atoms with van der Waals surface area (Å²) < 4.78 is 25.0.